The van der Waals surface area contributed by atoms with Gasteiger partial charge in [0, 0.05) is 17.9 Å². The molecular formula is C12H24N2O2. The smallest absolute Gasteiger partial charge is 0.0383 e. The van der Waals surface area contributed by atoms with E-state index >= 15 is 0 Å². The number of aliphatic carboxylic acids is 1. The Bertz CT molecular complexity index is 291. The summed E-state index contributed by atoms with van der Waals surface area (Å²) in [7, 11) is 0. The van der Waals surface area contributed by atoms with E-state index in [-0.39, 0.29) is 6.15 Å². The predicted octanol–water partition coefficient (Wildman–Crippen LogP) is 2.36. The summed E-state index contributed by atoms with van der Waals surface area (Å²) in [6, 6.07) is 2.24. The summed E-state index contributed by atoms with van der Waals surface area (Å²) in [5.41, 5.74) is 2.72. The van der Waals surface area contributed by atoms with Crippen molar-refractivity contribution in [2.75, 3.05) is 0 Å². The Morgan fingerprint density at radius 2 is 2.06 bits per heavy atom. The van der Waals surface area contributed by atoms with Crippen LogP contribution in [0, 0.1) is 6.92 Å². The standard InChI is InChI=1S/C10H17N.C2H4O2.H3N/c1-4-5-8(2)10-6-9(3)11-7-10;1-2(3)4;/h6-8,11H,4-5H2,1-3H3;1H3,(H,3,4);1H3/t8-;;/m1../s1. The van der Waals surface area contributed by atoms with Gasteiger partial charge in [0.05, 0.1) is 0 Å². The minimum atomic E-state index is -1.08. The molecule has 0 fully saturated rings. The number of hydrogen-bond acceptors (Lipinski definition) is 2. The third-order valence-corrected chi connectivity index (χ3v) is 2.14. The zero-order valence-electron chi connectivity index (χ0n) is 11.0. The van der Waals surface area contributed by atoms with E-state index in [1.807, 2.05) is 0 Å². The molecule has 0 unspecified atom stereocenters. The normalized spacial score (nSPS) is 10.8. The first kappa shape index (κ1) is 17.1. The second-order valence-corrected chi connectivity index (χ2v) is 3.80. The van der Waals surface area contributed by atoms with Crippen LogP contribution in [0.5, 0.6) is 0 Å². The fourth-order valence-corrected chi connectivity index (χ4v) is 1.41. The van der Waals surface area contributed by atoms with E-state index in [1.165, 1.54) is 24.1 Å². The van der Waals surface area contributed by atoms with Gasteiger partial charge in [0.1, 0.15) is 0 Å². The molecule has 0 aliphatic heterocycles. The van der Waals surface area contributed by atoms with E-state index in [2.05, 4.69) is 38.0 Å². The lowest BCUT2D eigenvalue weighted by Crippen LogP contribution is -2.16. The van der Waals surface area contributed by atoms with E-state index in [4.69, 9.17) is 9.90 Å². The lowest BCUT2D eigenvalue weighted by atomic mass is 9.99. The number of H-pyrrole nitrogens is 1. The molecule has 0 amide bonds. The van der Waals surface area contributed by atoms with Crippen LogP contribution in [0.4, 0.5) is 0 Å². The van der Waals surface area contributed by atoms with Gasteiger partial charge in [0.2, 0.25) is 0 Å². The fraction of sp³-hybridized carbons (Fsp3) is 0.583. The minimum absolute atomic E-state index is 0. The van der Waals surface area contributed by atoms with Crippen LogP contribution in [0.3, 0.4) is 0 Å². The number of rotatable bonds is 3. The highest BCUT2D eigenvalue weighted by atomic mass is 16.4. The molecule has 94 valence electrons. The number of hydrogen-bond donors (Lipinski definition) is 2. The molecule has 0 bridgehead atoms. The number of aromatic amines is 1. The Balaban J connectivity index is 0. The number of carboxylic acid groups (broad SMARTS) is 1. The Morgan fingerprint density at radius 1 is 1.56 bits per heavy atom. The van der Waals surface area contributed by atoms with Gasteiger partial charge in [-0.15, -0.1) is 0 Å². The first-order valence-corrected chi connectivity index (χ1v) is 5.29. The highest BCUT2D eigenvalue weighted by Crippen LogP contribution is 2.20. The van der Waals surface area contributed by atoms with Gasteiger partial charge in [0.25, 0.3) is 0 Å². The second kappa shape index (κ2) is 8.97. The number of carbonyl (C=O) groups is 1. The average molecular weight is 228 g/mol. The van der Waals surface area contributed by atoms with Crippen LogP contribution >= 0.6 is 0 Å². The Hall–Kier alpha value is -1.29. The van der Waals surface area contributed by atoms with E-state index in [1.54, 1.807) is 0 Å². The third-order valence-electron chi connectivity index (χ3n) is 2.14. The second-order valence-electron chi connectivity index (χ2n) is 3.80. The van der Waals surface area contributed by atoms with Crippen LogP contribution in [0.2, 0.25) is 0 Å². The molecule has 5 N–H and O–H groups in total. The molecule has 0 spiro atoms. The van der Waals surface area contributed by atoms with Gasteiger partial charge in [-0.1, -0.05) is 20.3 Å². The van der Waals surface area contributed by atoms with Gasteiger partial charge in [-0.05, 0) is 37.8 Å². The van der Waals surface area contributed by atoms with Crippen LogP contribution in [0.1, 0.15) is 50.8 Å². The minimum Gasteiger partial charge on any atom is -0.550 e. The molecule has 0 aliphatic carbocycles. The summed E-state index contributed by atoms with van der Waals surface area (Å²) in [6.07, 6.45) is 4.68. The summed E-state index contributed by atoms with van der Waals surface area (Å²) in [4.78, 5) is 12.1. The Kier molecular flexibility index (Phi) is 9.60. The van der Waals surface area contributed by atoms with E-state index in [0.29, 0.717) is 5.92 Å². The van der Waals surface area contributed by atoms with Crippen molar-refractivity contribution >= 4 is 5.97 Å². The maximum Gasteiger partial charge on any atom is 0.0383 e. The molecular weight excluding hydrogens is 204 g/mol. The van der Waals surface area contributed by atoms with Crippen molar-refractivity contribution in [1.29, 1.82) is 0 Å². The molecule has 4 heteroatoms. The molecule has 16 heavy (non-hydrogen) atoms. The van der Waals surface area contributed by atoms with Gasteiger partial charge in [-0.25, -0.2) is 0 Å². The summed E-state index contributed by atoms with van der Waals surface area (Å²) in [5, 5.41) is 8.89. The number of carboxylic acids is 1. The molecule has 0 radical (unpaired) electrons. The topological polar surface area (TPSA) is 92.4 Å². The van der Waals surface area contributed by atoms with Crippen molar-refractivity contribution in [3.63, 3.8) is 0 Å². The van der Waals surface area contributed by atoms with Crippen molar-refractivity contribution in [3.05, 3.63) is 23.5 Å². The molecule has 1 aromatic heterocycles. The lowest BCUT2D eigenvalue weighted by molar-refractivity contribution is -0.302. The molecule has 1 atom stereocenters. The van der Waals surface area contributed by atoms with Gasteiger partial charge < -0.3 is 21.0 Å². The molecule has 1 heterocycles. The van der Waals surface area contributed by atoms with Gasteiger partial charge in [-0.2, -0.15) is 0 Å². The average Bonchev–Trinajstić information content (AvgIpc) is 2.51. The maximum absolute atomic E-state index is 8.89. The van der Waals surface area contributed by atoms with E-state index in [0.717, 1.165) is 6.92 Å². The van der Waals surface area contributed by atoms with Crippen molar-refractivity contribution in [2.24, 2.45) is 0 Å². The molecule has 0 aromatic carbocycles. The van der Waals surface area contributed by atoms with Crippen molar-refractivity contribution in [2.45, 2.75) is 46.5 Å². The molecule has 0 aliphatic rings. The monoisotopic (exact) mass is 228 g/mol. The van der Waals surface area contributed by atoms with Crippen molar-refractivity contribution in [1.82, 2.24) is 11.1 Å². The number of nitrogens with one attached hydrogen (secondary N) is 1. The number of aryl methyl sites for hydroxylation is 1. The van der Waals surface area contributed by atoms with Gasteiger partial charge in [-0.3, -0.25) is 0 Å². The molecule has 0 saturated carbocycles. The number of carbonyl (C=O) groups excluding carboxylic acids is 1. The fourth-order valence-electron chi connectivity index (χ4n) is 1.41. The molecule has 1 aromatic rings. The highest BCUT2D eigenvalue weighted by Gasteiger charge is 2.04. The van der Waals surface area contributed by atoms with Crippen LogP contribution in [0.25, 0.3) is 0 Å². The molecule has 4 nitrogen and oxygen atoms in total. The van der Waals surface area contributed by atoms with Gasteiger partial charge in [0.15, 0.2) is 0 Å². The Labute approximate surface area is 97.7 Å². The zero-order valence-corrected chi connectivity index (χ0v) is 11.0. The van der Waals surface area contributed by atoms with Crippen molar-refractivity contribution in [3.8, 4) is 0 Å². The Morgan fingerprint density at radius 3 is 2.38 bits per heavy atom. The number of quaternary nitrogens is 1. The van der Waals surface area contributed by atoms with Crippen LogP contribution in [-0.4, -0.2) is 11.0 Å². The van der Waals surface area contributed by atoms with E-state index < -0.39 is 5.97 Å². The van der Waals surface area contributed by atoms with Crippen molar-refractivity contribution < 1.29 is 9.90 Å². The number of aromatic nitrogens is 1. The predicted molar refractivity (Wildman–Crippen MR) is 65.5 cm³/mol. The summed E-state index contributed by atoms with van der Waals surface area (Å²) >= 11 is 0. The summed E-state index contributed by atoms with van der Waals surface area (Å²) < 4.78 is 0. The first-order chi connectivity index (χ1) is 6.97. The summed E-state index contributed by atoms with van der Waals surface area (Å²) in [6.45, 7) is 7.59. The third kappa shape index (κ3) is 8.05. The SMILES string of the molecule is CC(=O)[O-].CCC[C@@H](C)c1c[nH]c(C)c1.[NH4+]. The van der Waals surface area contributed by atoms with Crippen LogP contribution < -0.4 is 11.3 Å². The van der Waals surface area contributed by atoms with Crippen LogP contribution in [0.15, 0.2) is 12.3 Å². The quantitative estimate of drug-likeness (QED) is 0.831. The lowest BCUT2D eigenvalue weighted by Gasteiger charge is -2.05. The molecule has 1 rings (SSSR count). The van der Waals surface area contributed by atoms with Crippen LogP contribution in [-0.2, 0) is 4.79 Å². The maximum atomic E-state index is 8.89. The highest BCUT2D eigenvalue weighted by molar-refractivity contribution is 5.60. The molecule has 0 saturated heterocycles. The largest absolute Gasteiger partial charge is 0.550 e. The first-order valence-electron chi connectivity index (χ1n) is 5.29. The summed E-state index contributed by atoms with van der Waals surface area (Å²) in [5.74, 6) is -0.370. The van der Waals surface area contributed by atoms with E-state index in [9.17, 15) is 0 Å². The zero-order chi connectivity index (χ0) is 11.8. The van der Waals surface area contributed by atoms with Gasteiger partial charge >= 0.3 is 0 Å².